The first-order valence-corrected chi connectivity index (χ1v) is 9.18. The van der Waals surface area contributed by atoms with Crippen LogP contribution in [-0.4, -0.2) is 24.3 Å². The molecule has 1 N–H and O–H groups in total. The third-order valence-corrected chi connectivity index (χ3v) is 4.63. The molecule has 0 saturated carbocycles. The largest absolute Gasteiger partial charge is 0.452 e. The van der Waals surface area contributed by atoms with Crippen LogP contribution in [0.2, 0.25) is 0 Å². The highest BCUT2D eigenvalue weighted by Gasteiger charge is 2.13. The molecule has 3 aromatic carbocycles. The topological polar surface area (TPSA) is 72.5 Å². The quantitative estimate of drug-likeness (QED) is 0.505. The number of anilines is 1. The van der Waals surface area contributed by atoms with Crippen LogP contribution in [-0.2, 0) is 9.53 Å². The Bertz CT molecular complexity index is 1040. The summed E-state index contributed by atoms with van der Waals surface area (Å²) < 4.78 is 5.08. The minimum Gasteiger partial charge on any atom is -0.452 e. The van der Waals surface area contributed by atoms with Crippen LogP contribution in [0, 0.1) is 13.8 Å². The summed E-state index contributed by atoms with van der Waals surface area (Å²) in [6, 6.07) is 20.7. The van der Waals surface area contributed by atoms with Gasteiger partial charge in [-0.1, -0.05) is 54.6 Å². The molecule has 0 aliphatic rings. The molecule has 0 unspecified atom stereocenters. The highest BCUT2D eigenvalue weighted by molar-refractivity contribution is 6.09. The van der Waals surface area contributed by atoms with Crippen molar-refractivity contribution in [3.05, 3.63) is 101 Å². The summed E-state index contributed by atoms with van der Waals surface area (Å²) in [5.41, 5.74) is 4.03. The van der Waals surface area contributed by atoms with Gasteiger partial charge in [0, 0.05) is 16.8 Å². The van der Waals surface area contributed by atoms with E-state index in [1.807, 2.05) is 32.0 Å². The lowest BCUT2D eigenvalue weighted by Gasteiger charge is -2.10. The van der Waals surface area contributed by atoms with Crippen LogP contribution in [0.1, 0.15) is 37.4 Å². The van der Waals surface area contributed by atoms with Crippen LogP contribution in [0.15, 0.2) is 72.8 Å². The Labute approximate surface area is 169 Å². The predicted octanol–water partition coefficient (Wildman–Crippen LogP) is 4.33. The molecule has 29 heavy (non-hydrogen) atoms. The number of amides is 1. The Hall–Kier alpha value is -3.73. The van der Waals surface area contributed by atoms with Crippen LogP contribution < -0.4 is 5.32 Å². The van der Waals surface area contributed by atoms with Gasteiger partial charge in [0.25, 0.3) is 5.91 Å². The van der Waals surface area contributed by atoms with Gasteiger partial charge >= 0.3 is 5.97 Å². The van der Waals surface area contributed by atoms with Crippen LogP contribution in [0.5, 0.6) is 0 Å². The van der Waals surface area contributed by atoms with Gasteiger partial charge in [-0.3, -0.25) is 9.59 Å². The lowest BCUT2D eigenvalue weighted by molar-refractivity contribution is -0.119. The van der Waals surface area contributed by atoms with E-state index in [-0.39, 0.29) is 11.3 Å². The molecular weight excluding hydrogens is 366 g/mol. The first-order valence-electron chi connectivity index (χ1n) is 9.18. The molecular formula is C24H21NO4. The Morgan fingerprint density at radius 1 is 0.759 bits per heavy atom. The molecule has 0 saturated heterocycles. The molecule has 0 aliphatic carbocycles. The van der Waals surface area contributed by atoms with E-state index in [2.05, 4.69) is 5.32 Å². The molecule has 0 heterocycles. The van der Waals surface area contributed by atoms with Gasteiger partial charge in [-0.2, -0.15) is 0 Å². The average molecular weight is 387 g/mol. The summed E-state index contributed by atoms with van der Waals surface area (Å²) in [4.78, 5) is 36.7. The van der Waals surface area contributed by atoms with Gasteiger partial charge in [0.05, 0.1) is 5.56 Å². The second-order valence-electron chi connectivity index (χ2n) is 6.64. The Kier molecular flexibility index (Phi) is 6.19. The molecule has 3 rings (SSSR count). The molecule has 3 aromatic rings. The minimum atomic E-state index is -0.625. The maximum Gasteiger partial charge on any atom is 0.338 e. The monoisotopic (exact) mass is 387 g/mol. The molecule has 0 fully saturated rings. The van der Waals surface area contributed by atoms with Gasteiger partial charge in [-0.15, -0.1) is 0 Å². The van der Waals surface area contributed by atoms with E-state index in [0.29, 0.717) is 16.8 Å². The van der Waals surface area contributed by atoms with E-state index in [1.165, 1.54) is 12.1 Å². The van der Waals surface area contributed by atoms with Gasteiger partial charge in [0.15, 0.2) is 12.4 Å². The van der Waals surface area contributed by atoms with Gasteiger partial charge in [0.2, 0.25) is 0 Å². The Balaban J connectivity index is 1.57. The smallest absolute Gasteiger partial charge is 0.338 e. The van der Waals surface area contributed by atoms with Crippen molar-refractivity contribution in [2.45, 2.75) is 13.8 Å². The van der Waals surface area contributed by atoms with Crippen molar-refractivity contribution in [3.63, 3.8) is 0 Å². The molecule has 1 amide bonds. The lowest BCUT2D eigenvalue weighted by Crippen LogP contribution is -2.21. The molecule has 0 aliphatic heterocycles. The van der Waals surface area contributed by atoms with E-state index in [1.54, 1.807) is 42.5 Å². The zero-order valence-corrected chi connectivity index (χ0v) is 16.3. The van der Waals surface area contributed by atoms with E-state index >= 15 is 0 Å². The summed E-state index contributed by atoms with van der Waals surface area (Å²) >= 11 is 0. The minimum absolute atomic E-state index is 0.126. The second-order valence-corrected chi connectivity index (χ2v) is 6.64. The second kappa shape index (κ2) is 8.97. The normalized spacial score (nSPS) is 10.3. The number of carbonyl (C=O) groups is 3. The maximum absolute atomic E-state index is 12.4. The standard InChI is InChI=1S/C24H21NO4/c1-16-7-6-10-21(17(16)2)25-22(26)15-29-24(28)20-13-11-19(12-14-20)23(27)18-8-4-3-5-9-18/h3-14H,15H2,1-2H3,(H,25,26). The van der Waals surface area contributed by atoms with E-state index in [0.717, 1.165) is 11.1 Å². The molecule has 0 spiro atoms. The van der Waals surface area contributed by atoms with E-state index in [4.69, 9.17) is 4.74 Å². The summed E-state index contributed by atoms with van der Waals surface area (Å²) in [6.45, 7) is 3.48. The van der Waals surface area contributed by atoms with Crippen molar-refractivity contribution in [2.24, 2.45) is 0 Å². The van der Waals surface area contributed by atoms with Gasteiger partial charge < -0.3 is 10.1 Å². The van der Waals surface area contributed by atoms with Crippen molar-refractivity contribution in [1.82, 2.24) is 0 Å². The number of esters is 1. The van der Waals surface area contributed by atoms with E-state index < -0.39 is 18.5 Å². The number of aryl methyl sites for hydroxylation is 1. The molecule has 5 heteroatoms. The van der Waals surface area contributed by atoms with Crippen molar-refractivity contribution in [3.8, 4) is 0 Å². The number of benzene rings is 3. The predicted molar refractivity (Wildman–Crippen MR) is 111 cm³/mol. The van der Waals surface area contributed by atoms with Gasteiger partial charge in [-0.25, -0.2) is 4.79 Å². The molecule has 0 bridgehead atoms. The maximum atomic E-state index is 12.4. The van der Waals surface area contributed by atoms with Crippen molar-refractivity contribution in [2.75, 3.05) is 11.9 Å². The number of rotatable bonds is 6. The number of carbonyl (C=O) groups excluding carboxylic acids is 3. The highest BCUT2D eigenvalue weighted by Crippen LogP contribution is 2.18. The van der Waals surface area contributed by atoms with E-state index in [9.17, 15) is 14.4 Å². The summed E-state index contributed by atoms with van der Waals surface area (Å²) in [5, 5.41) is 2.74. The molecule has 0 aromatic heterocycles. The fourth-order valence-electron chi connectivity index (χ4n) is 2.80. The van der Waals surface area contributed by atoms with Gasteiger partial charge in [-0.05, 0) is 43.2 Å². The Morgan fingerprint density at radius 3 is 2.07 bits per heavy atom. The van der Waals surface area contributed by atoms with Crippen molar-refractivity contribution >= 4 is 23.3 Å². The summed E-state index contributed by atoms with van der Waals surface area (Å²) in [6.07, 6.45) is 0. The lowest BCUT2D eigenvalue weighted by atomic mass is 10.0. The number of hydrogen-bond donors (Lipinski definition) is 1. The third-order valence-electron chi connectivity index (χ3n) is 4.63. The summed E-state index contributed by atoms with van der Waals surface area (Å²) in [5.74, 6) is -1.17. The highest BCUT2D eigenvalue weighted by atomic mass is 16.5. The molecule has 0 atom stereocenters. The SMILES string of the molecule is Cc1cccc(NC(=O)COC(=O)c2ccc(C(=O)c3ccccc3)cc2)c1C. The number of ketones is 1. The number of nitrogens with one attached hydrogen (secondary N) is 1. The van der Waals surface area contributed by atoms with Crippen LogP contribution in [0.4, 0.5) is 5.69 Å². The first-order chi connectivity index (χ1) is 14.0. The van der Waals surface area contributed by atoms with Crippen LogP contribution in [0.25, 0.3) is 0 Å². The number of hydrogen-bond acceptors (Lipinski definition) is 4. The summed E-state index contributed by atoms with van der Waals surface area (Å²) in [7, 11) is 0. The fraction of sp³-hybridized carbons (Fsp3) is 0.125. The first kappa shape index (κ1) is 20.0. The third kappa shape index (κ3) is 4.96. The van der Waals surface area contributed by atoms with Crippen molar-refractivity contribution in [1.29, 1.82) is 0 Å². The molecule has 5 nitrogen and oxygen atoms in total. The van der Waals surface area contributed by atoms with Crippen LogP contribution in [0.3, 0.4) is 0 Å². The average Bonchev–Trinajstić information content (AvgIpc) is 2.75. The number of ether oxygens (including phenoxy) is 1. The van der Waals surface area contributed by atoms with Gasteiger partial charge in [0.1, 0.15) is 0 Å². The zero-order chi connectivity index (χ0) is 20.8. The molecule has 0 radical (unpaired) electrons. The Morgan fingerprint density at radius 2 is 1.38 bits per heavy atom. The van der Waals surface area contributed by atoms with Crippen molar-refractivity contribution < 1.29 is 19.1 Å². The molecule has 146 valence electrons. The fourth-order valence-corrected chi connectivity index (χ4v) is 2.80. The zero-order valence-electron chi connectivity index (χ0n) is 16.3. The van der Waals surface area contributed by atoms with Crippen LogP contribution >= 0.6 is 0 Å².